The maximum atomic E-state index is 6.53. The van der Waals surface area contributed by atoms with E-state index in [0.29, 0.717) is 5.92 Å². The lowest BCUT2D eigenvalue weighted by Crippen LogP contribution is -2.32. The summed E-state index contributed by atoms with van der Waals surface area (Å²) in [5.41, 5.74) is 6.71. The number of nitrogens with zero attached hydrogens (tertiary/aromatic N) is 2. The molecule has 1 aliphatic carbocycles. The van der Waals surface area contributed by atoms with Gasteiger partial charge in [-0.1, -0.05) is 77.8 Å². The molecule has 0 bridgehead atoms. The molecule has 0 spiro atoms. The molecule has 0 radical (unpaired) electrons. The van der Waals surface area contributed by atoms with Crippen LogP contribution in [0.2, 0.25) is 10.0 Å². The molecular formula is C30H30Cl2N2. The molecule has 1 aliphatic heterocycles. The lowest BCUT2D eigenvalue weighted by molar-refractivity contribution is 0.205. The van der Waals surface area contributed by atoms with Gasteiger partial charge >= 0.3 is 0 Å². The number of hydrogen-bond donors (Lipinski definition) is 0. The van der Waals surface area contributed by atoms with Crippen molar-refractivity contribution in [1.82, 2.24) is 9.47 Å². The number of para-hydroxylation sites is 1. The predicted octanol–water partition coefficient (Wildman–Crippen LogP) is 8.40. The van der Waals surface area contributed by atoms with Crippen LogP contribution >= 0.6 is 23.2 Å². The molecule has 2 nitrogen and oxygen atoms in total. The Morgan fingerprint density at radius 1 is 0.735 bits per heavy atom. The van der Waals surface area contributed by atoms with E-state index in [1.54, 1.807) is 0 Å². The van der Waals surface area contributed by atoms with Crippen molar-refractivity contribution in [2.75, 3.05) is 13.1 Å². The predicted molar refractivity (Wildman–Crippen MR) is 144 cm³/mol. The summed E-state index contributed by atoms with van der Waals surface area (Å²) >= 11 is 13.1. The second-order valence-corrected chi connectivity index (χ2v) is 10.8. The Balaban J connectivity index is 1.32. The highest BCUT2D eigenvalue weighted by Crippen LogP contribution is 2.41. The largest absolute Gasteiger partial charge is 0.340 e. The third kappa shape index (κ3) is 4.28. The van der Waals surface area contributed by atoms with Gasteiger partial charge in [-0.05, 0) is 85.5 Å². The Labute approximate surface area is 212 Å². The molecule has 1 saturated carbocycles. The van der Waals surface area contributed by atoms with E-state index in [1.165, 1.54) is 40.6 Å². The molecule has 2 aliphatic rings. The molecule has 34 heavy (non-hydrogen) atoms. The van der Waals surface area contributed by atoms with Crippen molar-refractivity contribution < 1.29 is 0 Å². The number of hydrogen-bond acceptors (Lipinski definition) is 1. The van der Waals surface area contributed by atoms with E-state index in [-0.39, 0.29) is 0 Å². The molecule has 6 rings (SSSR count). The van der Waals surface area contributed by atoms with Crippen molar-refractivity contribution >= 4 is 34.1 Å². The Morgan fingerprint density at radius 3 is 2.12 bits per heavy atom. The van der Waals surface area contributed by atoms with Crippen molar-refractivity contribution in [2.45, 2.75) is 44.7 Å². The first kappa shape index (κ1) is 22.2. The van der Waals surface area contributed by atoms with Gasteiger partial charge in [-0.2, -0.15) is 0 Å². The standard InChI is InChI=1S/C30H30Cl2N2/c31-26-10-6-11-27(32)29(26)22-15-17-33(18-16-22)20-25-24-9-4-5-12-28(24)34(19-21-13-14-21)30(25)23-7-2-1-3-8-23/h1-12,21-22H,13-20H2. The first-order chi connectivity index (χ1) is 16.7. The summed E-state index contributed by atoms with van der Waals surface area (Å²) in [7, 11) is 0. The third-order valence-electron chi connectivity index (χ3n) is 7.64. The first-order valence-electron chi connectivity index (χ1n) is 12.5. The fourth-order valence-electron chi connectivity index (χ4n) is 5.71. The summed E-state index contributed by atoms with van der Waals surface area (Å²) in [6.07, 6.45) is 4.89. The summed E-state index contributed by atoms with van der Waals surface area (Å²) < 4.78 is 2.61. The van der Waals surface area contributed by atoms with Crippen molar-refractivity contribution in [3.63, 3.8) is 0 Å². The number of fused-ring (bicyclic) bond motifs is 1. The molecule has 0 N–H and O–H groups in total. The van der Waals surface area contributed by atoms with Gasteiger partial charge in [0, 0.05) is 34.0 Å². The number of piperidine rings is 1. The normalized spacial score (nSPS) is 17.5. The zero-order valence-electron chi connectivity index (χ0n) is 19.4. The summed E-state index contributed by atoms with van der Waals surface area (Å²) in [5.74, 6) is 1.25. The molecule has 0 amide bonds. The average Bonchev–Trinajstić information content (AvgIpc) is 3.63. The van der Waals surface area contributed by atoms with Crippen molar-refractivity contribution in [3.05, 3.63) is 94.0 Å². The van der Waals surface area contributed by atoms with Gasteiger partial charge in [0.15, 0.2) is 0 Å². The number of halogens is 2. The molecule has 0 atom stereocenters. The van der Waals surface area contributed by atoms with Gasteiger partial charge in [0.2, 0.25) is 0 Å². The van der Waals surface area contributed by atoms with E-state index in [2.05, 4.69) is 64.1 Å². The molecule has 174 valence electrons. The SMILES string of the molecule is Clc1cccc(Cl)c1C1CCN(Cc2c(-c3ccccc3)n(CC3CC3)c3ccccc23)CC1. The maximum Gasteiger partial charge on any atom is 0.0537 e. The summed E-state index contributed by atoms with van der Waals surface area (Å²) in [6.45, 7) is 4.22. The van der Waals surface area contributed by atoms with Crippen LogP contribution in [0.3, 0.4) is 0 Å². The summed E-state index contributed by atoms with van der Waals surface area (Å²) in [4.78, 5) is 2.62. The van der Waals surface area contributed by atoms with Crippen LogP contribution in [0, 0.1) is 5.92 Å². The minimum Gasteiger partial charge on any atom is -0.340 e. The van der Waals surface area contributed by atoms with E-state index in [0.717, 1.165) is 60.5 Å². The van der Waals surface area contributed by atoms with Crippen molar-refractivity contribution in [1.29, 1.82) is 0 Å². The summed E-state index contributed by atoms with van der Waals surface area (Å²) in [5, 5.41) is 3.01. The fourth-order valence-corrected chi connectivity index (χ4v) is 6.42. The molecule has 4 heteroatoms. The zero-order chi connectivity index (χ0) is 23.1. The molecule has 2 fully saturated rings. The van der Waals surface area contributed by atoms with Gasteiger partial charge in [-0.3, -0.25) is 4.90 Å². The van der Waals surface area contributed by atoms with Crippen molar-refractivity contribution in [3.8, 4) is 11.3 Å². The molecular weight excluding hydrogens is 459 g/mol. The highest BCUT2D eigenvalue weighted by atomic mass is 35.5. The molecule has 1 aromatic heterocycles. The van der Waals surface area contributed by atoms with Crippen LogP contribution in [0.25, 0.3) is 22.2 Å². The van der Waals surface area contributed by atoms with Gasteiger partial charge in [0.05, 0.1) is 5.69 Å². The van der Waals surface area contributed by atoms with Gasteiger partial charge < -0.3 is 4.57 Å². The van der Waals surface area contributed by atoms with E-state index in [9.17, 15) is 0 Å². The molecule has 3 aromatic carbocycles. The van der Waals surface area contributed by atoms with E-state index in [1.807, 2.05) is 18.2 Å². The summed E-state index contributed by atoms with van der Waals surface area (Å²) in [6, 6.07) is 25.8. The van der Waals surface area contributed by atoms with Crippen molar-refractivity contribution in [2.24, 2.45) is 5.92 Å². The number of aromatic nitrogens is 1. The Bertz CT molecular complexity index is 1280. The van der Waals surface area contributed by atoms with Crippen LogP contribution in [0.1, 0.15) is 42.7 Å². The van der Waals surface area contributed by atoms with Crippen LogP contribution in [-0.4, -0.2) is 22.6 Å². The molecule has 2 heterocycles. The van der Waals surface area contributed by atoms with Crippen LogP contribution in [0.15, 0.2) is 72.8 Å². The highest BCUT2D eigenvalue weighted by Gasteiger charge is 2.29. The van der Waals surface area contributed by atoms with Crippen LogP contribution in [0.5, 0.6) is 0 Å². The second kappa shape index (κ2) is 9.41. The highest BCUT2D eigenvalue weighted by molar-refractivity contribution is 6.36. The van der Waals surface area contributed by atoms with Crippen LogP contribution in [0.4, 0.5) is 0 Å². The Kier molecular flexibility index (Phi) is 6.15. The molecule has 0 unspecified atom stereocenters. The number of rotatable bonds is 6. The van der Waals surface area contributed by atoms with E-state index < -0.39 is 0 Å². The number of benzene rings is 3. The molecule has 1 saturated heterocycles. The van der Waals surface area contributed by atoms with Gasteiger partial charge in [-0.15, -0.1) is 0 Å². The maximum absolute atomic E-state index is 6.53. The van der Waals surface area contributed by atoms with Crippen LogP contribution in [-0.2, 0) is 13.1 Å². The monoisotopic (exact) mass is 488 g/mol. The minimum absolute atomic E-state index is 0.433. The second-order valence-electron chi connectivity index (χ2n) is 9.95. The van der Waals surface area contributed by atoms with E-state index in [4.69, 9.17) is 23.2 Å². The molecule has 4 aromatic rings. The Hall–Kier alpha value is -2.26. The third-order valence-corrected chi connectivity index (χ3v) is 8.30. The minimum atomic E-state index is 0.433. The van der Waals surface area contributed by atoms with E-state index >= 15 is 0 Å². The topological polar surface area (TPSA) is 8.17 Å². The zero-order valence-corrected chi connectivity index (χ0v) is 20.9. The number of likely N-dealkylation sites (tertiary alicyclic amines) is 1. The fraction of sp³-hybridized carbons (Fsp3) is 0.333. The smallest absolute Gasteiger partial charge is 0.0537 e. The lowest BCUT2D eigenvalue weighted by Gasteiger charge is -2.33. The lowest BCUT2D eigenvalue weighted by atomic mass is 9.89. The quantitative estimate of drug-likeness (QED) is 0.264. The van der Waals surface area contributed by atoms with Gasteiger partial charge in [0.1, 0.15) is 0 Å². The Morgan fingerprint density at radius 2 is 1.41 bits per heavy atom. The van der Waals surface area contributed by atoms with Gasteiger partial charge in [0.25, 0.3) is 0 Å². The average molecular weight is 489 g/mol. The van der Waals surface area contributed by atoms with Crippen LogP contribution < -0.4 is 0 Å². The first-order valence-corrected chi connectivity index (χ1v) is 13.3. The van der Waals surface area contributed by atoms with Gasteiger partial charge in [-0.25, -0.2) is 0 Å².